The first-order valence-corrected chi connectivity index (χ1v) is 11.2. The Morgan fingerprint density at radius 2 is 1.73 bits per heavy atom. The molecule has 7 nitrogen and oxygen atoms in total. The zero-order valence-corrected chi connectivity index (χ0v) is 18.8. The molecule has 1 N–H and O–H groups in total. The Balaban J connectivity index is 1.51. The molecule has 0 saturated carbocycles. The zero-order valence-electron chi connectivity index (χ0n) is 17.3. The second-order valence-electron chi connectivity index (χ2n) is 7.92. The van der Waals surface area contributed by atoms with Crippen LogP contribution in [0.2, 0.25) is 10.0 Å². The first-order chi connectivity index (χ1) is 15.9. The number of halogens is 4. The number of rotatable bonds is 5. The van der Waals surface area contributed by atoms with Crippen molar-refractivity contribution >= 4 is 34.2 Å². The van der Waals surface area contributed by atoms with Crippen LogP contribution >= 0.6 is 23.2 Å². The summed E-state index contributed by atoms with van der Waals surface area (Å²) in [4.78, 5) is 13.5. The monoisotopic (exact) mass is 493 g/mol. The third-order valence-corrected chi connectivity index (χ3v) is 6.57. The van der Waals surface area contributed by atoms with Crippen LogP contribution in [0.3, 0.4) is 0 Å². The molecule has 1 saturated heterocycles. The van der Waals surface area contributed by atoms with Crippen molar-refractivity contribution in [2.45, 2.75) is 31.9 Å². The van der Waals surface area contributed by atoms with Crippen LogP contribution in [0, 0.1) is 0 Å². The van der Waals surface area contributed by atoms with Gasteiger partial charge in [-0.15, -0.1) is 10.2 Å². The van der Waals surface area contributed by atoms with Crippen LogP contribution in [0.1, 0.15) is 36.8 Å². The minimum atomic E-state index is -2.82. The molecule has 1 aliphatic heterocycles. The number of imidazole rings is 1. The number of hydrogen-bond donors (Lipinski definition) is 1. The van der Waals surface area contributed by atoms with E-state index in [0.29, 0.717) is 27.7 Å². The van der Waals surface area contributed by atoms with Gasteiger partial charge in [-0.2, -0.15) is 8.78 Å². The molecular formula is C22H19Cl2F2N5O2. The van der Waals surface area contributed by atoms with E-state index in [2.05, 4.69) is 15.5 Å². The molecule has 0 aliphatic carbocycles. The molecule has 0 unspecified atom stereocenters. The van der Waals surface area contributed by atoms with E-state index in [1.807, 2.05) is 4.57 Å². The molecule has 0 atom stereocenters. The molecule has 3 heterocycles. The van der Waals surface area contributed by atoms with Gasteiger partial charge in [0, 0.05) is 11.6 Å². The number of benzene rings is 2. The van der Waals surface area contributed by atoms with Crippen molar-refractivity contribution in [2.75, 3.05) is 13.1 Å². The number of alkyl halides is 2. The van der Waals surface area contributed by atoms with E-state index in [0.717, 1.165) is 37.0 Å². The largest absolute Gasteiger partial charge is 0.415 e. The van der Waals surface area contributed by atoms with Crippen molar-refractivity contribution in [3.05, 3.63) is 68.4 Å². The number of fused-ring (bicyclic) bond motifs is 1. The lowest BCUT2D eigenvalue weighted by Crippen LogP contribution is -2.35. The minimum absolute atomic E-state index is 0.0120. The third-order valence-electron chi connectivity index (χ3n) is 5.85. The number of hydrogen-bond acceptors (Lipinski definition) is 5. The molecule has 0 spiro atoms. The molecule has 33 heavy (non-hydrogen) atoms. The Morgan fingerprint density at radius 3 is 2.36 bits per heavy atom. The van der Waals surface area contributed by atoms with Crippen LogP contribution in [0.15, 0.2) is 45.6 Å². The van der Waals surface area contributed by atoms with E-state index >= 15 is 0 Å². The molecule has 5 rings (SSSR count). The highest BCUT2D eigenvalue weighted by Crippen LogP contribution is 2.31. The van der Waals surface area contributed by atoms with Crippen molar-refractivity contribution in [1.82, 2.24) is 24.6 Å². The second kappa shape index (κ2) is 8.89. The van der Waals surface area contributed by atoms with Crippen LogP contribution in [0.5, 0.6) is 0 Å². The van der Waals surface area contributed by atoms with E-state index in [1.54, 1.807) is 41.0 Å². The summed E-state index contributed by atoms with van der Waals surface area (Å²) in [5.74, 6) is -0.708. The topological polar surface area (TPSA) is 77.9 Å². The Kier molecular flexibility index (Phi) is 5.94. The van der Waals surface area contributed by atoms with E-state index < -0.39 is 12.3 Å². The zero-order chi connectivity index (χ0) is 23.1. The highest BCUT2D eigenvalue weighted by Gasteiger charge is 2.23. The van der Waals surface area contributed by atoms with Gasteiger partial charge in [0.05, 0.1) is 27.6 Å². The third kappa shape index (κ3) is 4.16. The predicted molar refractivity (Wildman–Crippen MR) is 121 cm³/mol. The summed E-state index contributed by atoms with van der Waals surface area (Å²) in [6, 6.07) is 10.5. The fourth-order valence-electron chi connectivity index (χ4n) is 4.22. The highest BCUT2D eigenvalue weighted by atomic mass is 35.5. The standard InChI is InChI=1S/C22H19Cl2F2N5O2/c23-15-9-17-18(10-16(15)24)31(14-5-7-27-8-6-14)22(32)30(17)11-12-1-3-13(4-2-12)20-28-29-21(33-20)19(25)26/h1-4,9-10,14,19,27H,5-8,11H2. The summed E-state index contributed by atoms with van der Waals surface area (Å²) in [7, 11) is 0. The molecule has 4 aromatic rings. The number of piperidine rings is 1. The summed E-state index contributed by atoms with van der Waals surface area (Å²) in [6.45, 7) is 1.99. The van der Waals surface area contributed by atoms with Gasteiger partial charge in [0.15, 0.2) is 0 Å². The average Bonchev–Trinajstić information content (AvgIpc) is 3.40. The van der Waals surface area contributed by atoms with Gasteiger partial charge in [0.1, 0.15) is 0 Å². The van der Waals surface area contributed by atoms with Gasteiger partial charge >= 0.3 is 12.1 Å². The molecule has 172 valence electrons. The van der Waals surface area contributed by atoms with Crippen LogP contribution in [-0.4, -0.2) is 32.4 Å². The smallest absolute Gasteiger partial charge is 0.329 e. The van der Waals surface area contributed by atoms with Crippen LogP contribution in [0.25, 0.3) is 22.5 Å². The Hall–Kier alpha value is -2.75. The summed E-state index contributed by atoms with van der Waals surface area (Å²) in [5.41, 5.74) is 2.68. The number of nitrogens with zero attached hydrogens (tertiary/aromatic N) is 4. The first kappa shape index (κ1) is 22.1. The van der Waals surface area contributed by atoms with Crippen molar-refractivity contribution in [1.29, 1.82) is 0 Å². The molecule has 2 aromatic heterocycles. The summed E-state index contributed by atoms with van der Waals surface area (Å²) >= 11 is 12.6. The fraction of sp³-hybridized carbons (Fsp3) is 0.318. The molecular weight excluding hydrogens is 475 g/mol. The van der Waals surface area contributed by atoms with Crippen LogP contribution in [-0.2, 0) is 6.54 Å². The maximum atomic E-state index is 13.5. The number of aromatic nitrogens is 4. The lowest BCUT2D eigenvalue weighted by atomic mass is 10.1. The second-order valence-corrected chi connectivity index (χ2v) is 8.73. The van der Waals surface area contributed by atoms with Gasteiger partial charge in [0.2, 0.25) is 5.89 Å². The quantitative estimate of drug-likeness (QED) is 0.419. The van der Waals surface area contributed by atoms with Crippen molar-refractivity contribution < 1.29 is 13.2 Å². The minimum Gasteiger partial charge on any atom is -0.415 e. The van der Waals surface area contributed by atoms with E-state index in [9.17, 15) is 13.6 Å². The summed E-state index contributed by atoms with van der Waals surface area (Å²) < 4.78 is 33.9. The molecule has 0 radical (unpaired) electrons. The van der Waals surface area contributed by atoms with Gasteiger partial charge in [-0.1, -0.05) is 35.3 Å². The van der Waals surface area contributed by atoms with Crippen molar-refractivity contribution in [3.8, 4) is 11.5 Å². The Labute approximate surface area is 196 Å². The molecule has 2 aromatic carbocycles. The average molecular weight is 494 g/mol. The van der Waals surface area contributed by atoms with Gasteiger partial charge < -0.3 is 9.73 Å². The van der Waals surface area contributed by atoms with Crippen molar-refractivity contribution in [2.24, 2.45) is 0 Å². The van der Waals surface area contributed by atoms with Crippen molar-refractivity contribution in [3.63, 3.8) is 0 Å². The molecule has 1 aliphatic rings. The van der Waals surface area contributed by atoms with Crippen LogP contribution in [0.4, 0.5) is 8.78 Å². The summed E-state index contributed by atoms with van der Waals surface area (Å²) in [5, 5.41) is 11.1. The van der Waals surface area contributed by atoms with Gasteiger partial charge in [-0.05, 0) is 55.8 Å². The normalized spacial score (nSPS) is 15.1. The predicted octanol–water partition coefficient (Wildman–Crippen LogP) is 5.07. The van der Waals surface area contributed by atoms with Gasteiger partial charge in [-0.25, -0.2) is 4.79 Å². The highest BCUT2D eigenvalue weighted by molar-refractivity contribution is 6.42. The lowest BCUT2D eigenvalue weighted by Gasteiger charge is -2.23. The van der Waals surface area contributed by atoms with Crippen LogP contribution < -0.4 is 11.0 Å². The van der Waals surface area contributed by atoms with E-state index in [1.165, 1.54) is 0 Å². The Morgan fingerprint density at radius 1 is 1.06 bits per heavy atom. The summed E-state index contributed by atoms with van der Waals surface area (Å²) in [6.07, 6.45) is -1.13. The SMILES string of the molecule is O=c1n(Cc2ccc(-c3nnc(C(F)F)o3)cc2)c2cc(Cl)c(Cl)cc2n1C1CCNCC1. The van der Waals surface area contributed by atoms with Gasteiger partial charge in [0.25, 0.3) is 5.89 Å². The molecule has 0 bridgehead atoms. The molecule has 11 heteroatoms. The lowest BCUT2D eigenvalue weighted by molar-refractivity contribution is 0.116. The Bertz CT molecular complexity index is 1360. The molecule has 0 amide bonds. The fourth-order valence-corrected chi connectivity index (χ4v) is 4.53. The molecule has 1 fully saturated rings. The van der Waals surface area contributed by atoms with Gasteiger partial charge in [-0.3, -0.25) is 9.13 Å². The number of nitrogens with one attached hydrogen (secondary N) is 1. The maximum absolute atomic E-state index is 13.5. The maximum Gasteiger partial charge on any atom is 0.329 e. The van der Waals surface area contributed by atoms with E-state index in [-0.39, 0.29) is 17.6 Å². The first-order valence-electron chi connectivity index (χ1n) is 10.4. The van der Waals surface area contributed by atoms with E-state index in [4.69, 9.17) is 27.6 Å².